The number of nitrogens with zero attached hydrogens (tertiary/aromatic N) is 2. The van der Waals surface area contributed by atoms with Crippen LogP contribution in [-0.4, -0.2) is 15.7 Å². The predicted octanol–water partition coefficient (Wildman–Crippen LogP) is 2.87. The van der Waals surface area contributed by atoms with Crippen molar-refractivity contribution in [2.24, 2.45) is 0 Å². The third kappa shape index (κ3) is 3.34. The van der Waals surface area contributed by atoms with E-state index < -0.39 is 0 Å². The number of hydrogen-bond acceptors (Lipinski definition) is 2. The minimum absolute atomic E-state index is 0.0455. The Morgan fingerprint density at radius 3 is 3.06 bits per heavy atom. The number of nitrogens with one attached hydrogen (secondary N) is 1. The number of benzene rings is 1. The van der Waals surface area contributed by atoms with Crippen molar-refractivity contribution in [3.05, 3.63) is 47.2 Å². The summed E-state index contributed by atoms with van der Waals surface area (Å²) >= 11 is 5.89. The van der Waals surface area contributed by atoms with Gasteiger partial charge in [0.05, 0.1) is 0 Å². The van der Waals surface area contributed by atoms with Crippen molar-refractivity contribution in [1.29, 1.82) is 0 Å². The molecule has 5 heteroatoms. The number of aryl methyl sites for hydroxylation is 2. The first kappa shape index (κ1) is 12.6. The van der Waals surface area contributed by atoms with E-state index in [1.54, 1.807) is 23.0 Å². The van der Waals surface area contributed by atoms with Crippen LogP contribution in [0.25, 0.3) is 0 Å². The lowest BCUT2D eigenvalue weighted by molar-refractivity contribution is -0.116. The molecule has 0 radical (unpaired) electrons. The summed E-state index contributed by atoms with van der Waals surface area (Å²) < 4.78 is 1.73. The van der Waals surface area contributed by atoms with Crippen LogP contribution < -0.4 is 5.32 Å². The van der Waals surface area contributed by atoms with Gasteiger partial charge in [0.2, 0.25) is 5.91 Å². The van der Waals surface area contributed by atoms with Crippen LogP contribution in [0.5, 0.6) is 0 Å². The Morgan fingerprint density at radius 1 is 1.50 bits per heavy atom. The highest BCUT2D eigenvalue weighted by Gasteiger charge is 2.05. The fourth-order valence-corrected chi connectivity index (χ4v) is 1.76. The zero-order valence-electron chi connectivity index (χ0n) is 10.1. The SMILES string of the molecule is Cc1ccc(Cl)cc1NC(=O)CCn1cccn1. The van der Waals surface area contributed by atoms with Crippen LogP contribution in [-0.2, 0) is 11.3 Å². The van der Waals surface area contributed by atoms with Gasteiger partial charge in [-0.2, -0.15) is 5.10 Å². The van der Waals surface area contributed by atoms with Gasteiger partial charge in [-0.15, -0.1) is 0 Å². The third-order valence-electron chi connectivity index (χ3n) is 2.60. The zero-order chi connectivity index (χ0) is 13.0. The lowest BCUT2D eigenvalue weighted by Crippen LogP contribution is -2.15. The molecule has 2 rings (SSSR count). The molecule has 2 aromatic rings. The van der Waals surface area contributed by atoms with E-state index in [2.05, 4.69) is 10.4 Å². The molecular weight excluding hydrogens is 250 g/mol. The molecule has 94 valence electrons. The summed E-state index contributed by atoms with van der Waals surface area (Å²) in [5.41, 5.74) is 1.75. The maximum atomic E-state index is 11.8. The van der Waals surface area contributed by atoms with Gasteiger partial charge in [0.25, 0.3) is 0 Å². The molecule has 1 N–H and O–H groups in total. The Labute approximate surface area is 111 Å². The molecule has 0 spiro atoms. The Bertz CT molecular complexity index is 537. The number of anilines is 1. The normalized spacial score (nSPS) is 10.3. The molecule has 1 aromatic heterocycles. The predicted molar refractivity (Wildman–Crippen MR) is 71.7 cm³/mol. The molecule has 1 aromatic carbocycles. The van der Waals surface area contributed by atoms with Gasteiger partial charge in [-0.1, -0.05) is 17.7 Å². The summed E-state index contributed by atoms with van der Waals surface area (Å²) in [5.74, 6) is -0.0455. The number of rotatable bonds is 4. The van der Waals surface area contributed by atoms with Gasteiger partial charge in [-0.05, 0) is 30.7 Å². The van der Waals surface area contributed by atoms with Gasteiger partial charge in [-0.25, -0.2) is 0 Å². The minimum atomic E-state index is -0.0455. The van der Waals surface area contributed by atoms with Crippen LogP contribution in [0.3, 0.4) is 0 Å². The molecule has 4 nitrogen and oxygen atoms in total. The molecular formula is C13H14ClN3O. The van der Waals surface area contributed by atoms with Crippen molar-refractivity contribution in [2.45, 2.75) is 19.9 Å². The number of carbonyl (C=O) groups excluding carboxylic acids is 1. The second kappa shape index (κ2) is 5.69. The van der Waals surface area contributed by atoms with E-state index in [1.165, 1.54) is 0 Å². The maximum Gasteiger partial charge on any atom is 0.226 e. The van der Waals surface area contributed by atoms with E-state index in [9.17, 15) is 4.79 Å². The molecule has 1 heterocycles. The Morgan fingerprint density at radius 2 is 2.33 bits per heavy atom. The molecule has 0 aliphatic heterocycles. The van der Waals surface area contributed by atoms with E-state index in [1.807, 2.05) is 25.3 Å². The first-order valence-corrected chi connectivity index (χ1v) is 6.06. The highest BCUT2D eigenvalue weighted by Crippen LogP contribution is 2.20. The molecule has 0 atom stereocenters. The average Bonchev–Trinajstić information content (AvgIpc) is 2.84. The van der Waals surface area contributed by atoms with Crippen LogP contribution in [0.2, 0.25) is 5.02 Å². The molecule has 0 bridgehead atoms. The van der Waals surface area contributed by atoms with Crippen molar-refractivity contribution in [3.63, 3.8) is 0 Å². The van der Waals surface area contributed by atoms with Gasteiger partial charge in [0, 0.05) is 36.1 Å². The molecule has 0 fully saturated rings. The number of hydrogen-bond donors (Lipinski definition) is 1. The average molecular weight is 264 g/mol. The van der Waals surface area contributed by atoms with Crippen LogP contribution in [0.4, 0.5) is 5.69 Å². The largest absolute Gasteiger partial charge is 0.326 e. The first-order chi connectivity index (χ1) is 8.65. The van der Waals surface area contributed by atoms with E-state index >= 15 is 0 Å². The van der Waals surface area contributed by atoms with E-state index in [0.29, 0.717) is 18.0 Å². The molecule has 0 saturated carbocycles. The third-order valence-corrected chi connectivity index (χ3v) is 2.84. The van der Waals surface area contributed by atoms with Crippen molar-refractivity contribution in [2.75, 3.05) is 5.32 Å². The number of aromatic nitrogens is 2. The zero-order valence-corrected chi connectivity index (χ0v) is 10.8. The van der Waals surface area contributed by atoms with Crippen molar-refractivity contribution >= 4 is 23.2 Å². The molecule has 0 aliphatic carbocycles. The highest BCUT2D eigenvalue weighted by molar-refractivity contribution is 6.31. The number of amides is 1. The summed E-state index contributed by atoms with van der Waals surface area (Å²) in [6.45, 7) is 2.50. The summed E-state index contributed by atoms with van der Waals surface area (Å²) in [6, 6.07) is 7.27. The maximum absolute atomic E-state index is 11.8. The van der Waals surface area contributed by atoms with Crippen LogP contribution in [0.15, 0.2) is 36.7 Å². The van der Waals surface area contributed by atoms with Crippen LogP contribution >= 0.6 is 11.6 Å². The number of carbonyl (C=O) groups is 1. The molecule has 0 saturated heterocycles. The van der Waals surface area contributed by atoms with Gasteiger partial charge in [0.1, 0.15) is 0 Å². The van der Waals surface area contributed by atoms with Gasteiger partial charge in [-0.3, -0.25) is 9.48 Å². The second-order valence-corrected chi connectivity index (χ2v) is 4.46. The summed E-state index contributed by atoms with van der Waals surface area (Å²) in [7, 11) is 0. The minimum Gasteiger partial charge on any atom is -0.326 e. The van der Waals surface area contributed by atoms with Gasteiger partial charge >= 0.3 is 0 Å². The Hall–Kier alpha value is -1.81. The molecule has 0 aliphatic rings. The van der Waals surface area contributed by atoms with Crippen molar-refractivity contribution < 1.29 is 4.79 Å². The summed E-state index contributed by atoms with van der Waals surface area (Å²) in [5, 5.41) is 7.51. The second-order valence-electron chi connectivity index (χ2n) is 4.03. The lowest BCUT2D eigenvalue weighted by Gasteiger charge is -2.08. The lowest BCUT2D eigenvalue weighted by atomic mass is 10.2. The smallest absolute Gasteiger partial charge is 0.226 e. The Balaban J connectivity index is 1.92. The highest BCUT2D eigenvalue weighted by atomic mass is 35.5. The summed E-state index contributed by atoms with van der Waals surface area (Å²) in [6.07, 6.45) is 3.91. The molecule has 0 unspecified atom stereocenters. The topological polar surface area (TPSA) is 46.9 Å². The molecule has 18 heavy (non-hydrogen) atoms. The van der Waals surface area contributed by atoms with Crippen LogP contribution in [0, 0.1) is 6.92 Å². The van der Waals surface area contributed by atoms with E-state index in [-0.39, 0.29) is 5.91 Å². The quantitative estimate of drug-likeness (QED) is 0.922. The first-order valence-electron chi connectivity index (χ1n) is 5.68. The molecule has 1 amide bonds. The Kier molecular flexibility index (Phi) is 3.99. The van der Waals surface area contributed by atoms with Crippen molar-refractivity contribution in [1.82, 2.24) is 9.78 Å². The fourth-order valence-electron chi connectivity index (χ4n) is 1.59. The van der Waals surface area contributed by atoms with Crippen LogP contribution in [0.1, 0.15) is 12.0 Å². The monoisotopic (exact) mass is 263 g/mol. The van der Waals surface area contributed by atoms with Gasteiger partial charge in [0.15, 0.2) is 0 Å². The van der Waals surface area contributed by atoms with E-state index in [0.717, 1.165) is 11.3 Å². The standard InChI is InChI=1S/C13H14ClN3O/c1-10-3-4-11(14)9-12(10)16-13(18)5-8-17-7-2-6-15-17/h2-4,6-7,9H,5,8H2,1H3,(H,16,18). The van der Waals surface area contributed by atoms with Gasteiger partial charge < -0.3 is 5.32 Å². The van der Waals surface area contributed by atoms with E-state index in [4.69, 9.17) is 11.6 Å². The summed E-state index contributed by atoms with van der Waals surface area (Å²) in [4.78, 5) is 11.8. The fraction of sp³-hybridized carbons (Fsp3) is 0.231. The number of halogens is 1. The van der Waals surface area contributed by atoms with Crippen molar-refractivity contribution in [3.8, 4) is 0 Å².